The smallest absolute Gasteiger partial charge is 0.328 e. The molecule has 8 heteroatoms. The van der Waals surface area contributed by atoms with Crippen LogP contribution in [0.1, 0.15) is 112 Å². The summed E-state index contributed by atoms with van der Waals surface area (Å²) in [7, 11) is -5.55. The van der Waals surface area contributed by atoms with E-state index in [0.29, 0.717) is 0 Å². The first-order valence-electron chi connectivity index (χ1n) is 15.2. The SMILES string of the molecule is [CH2]C([CH2])(COP(O)O)C(OP(O)O)(c1ccc(CCCC)cc1CCCC)c1ccc(CCCC)cc1CCCC. The van der Waals surface area contributed by atoms with Crippen LogP contribution in [0.5, 0.6) is 0 Å². The second-order valence-electron chi connectivity index (χ2n) is 11.2. The molecule has 6 nitrogen and oxygen atoms in total. The fourth-order valence-corrected chi connectivity index (χ4v) is 6.52. The summed E-state index contributed by atoms with van der Waals surface area (Å²) in [5.74, 6) is 0. The van der Waals surface area contributed by atoms with Gasteiger partial charge in [-0.25, -0.2) is 0 Å². The molecule has 0 saturated heterocycles. The number of benzene rings is 2. The first kappa shape index (κ1) is 36.3. The molecule has 0 aliphatic carbocycles. The lowest BCUT2D eigenvalue weighted by Crippen LogP contribution is -2.48. The molecule has 0 saturated carbocycles. The molecule has 230 valence electrons. The third kappa shape index (κ3) is 10.1. The Morgan fingerprint density at radius 2 is 1.05 bits per heavy atom. The number of hydrogen-bond acceptors (Lipinski definition) is 6. The molecule has 0 bridgehead atoms. The molecule has 0 aliphatic heterocycles. The number of aryl methyl sites for hydroxylation is 4. The van der Waals surface area contributed by atoms with Gasteiger partial charge in [0, 0.05) is 5.41 Å². The fourth-order valence-electron chi connectivity index (χ4n) is 5.52. The molecule has 0 spiro atoms. The highest BCUT2D eigenvalue weighted by atomic mass is 31.2. The van der Waals surface area contributed by atoms with Crippen LogP contribution in [0, 0.1) is 19.3 Å². The highest BCUT2D eigenvalue weighted by Crippen LogP contribution is 2.56. The van der Waals surface area contributed by atoms with Gasteiger partial charge >= 0.3 is 17.2 Å². The van der Waals surface area contributed by atoms with E-state index < -0.39 is 28.2 Å². The summed E-state index contributed by atoms with van der Waals surface area (Å²) in [5, 5.41) is 0. The molecule has 0 amide bonds. The van der Waals surface area contributed by atoms with Gasteiger partial charge in [0.05, 0.1) is 6.61 Å². The lowest BCUT2D eigenvalue weighted by Gasteiger charge is -2.48. The standard InChI is InChI=1S/C33H52O6P2/c1-7-11-15-26-19-21-30(28(23-26)17-13-9-3)33(39-41(36)37,32(5,6)25-38-40(34)35)31-22-20-27(16-12-8-2)24-29(31)18-14-10-4/h19-24,34-37H,5-18,25H2,1-4H3. The van der Waals surface area contributed by atoms with Crippen LogP contribution in [0.2, 0.25) is 0 Å². The van der Waals surface area contributed by atoms with Crippen LogP contribution in [0.3, 0.4) is 0 Å². The molecule has 0 fully saturated rings. The van der Waals surface area contributed by atoms with E-state index in [2.05, 4.69) is 65.8 Å². The predicted octanol–water partition coefficient (Wildman–Crippen LogP) is 8.41. The van der Waals surface area contributed by atoms with E-state index in [1.165, 1.54) is 11.1 Å². The summed E-state index contributed by atoms with van der Waals surface area (Å²) in [5.41, 5.74) is 3.09. The van der Waals surface area contributed by atoms with Crippen molar-refractivity contribution in [1.82, 2.24) is 0 Å². The number of hydrogen-bond donors (Lipinski definition) is 4. The molecule has 0 unspecified atom stereocenters. The van der Waals surface area contributed by atoms with Crippen LogP contribution in [0.25, 0.3) is 0 Å². The lowest BCUT2D eigenvalue weighted by molar-refractivity contribution is -0.0169. The molecule has 4 N–H and O–H groups in total. The third-order valence-corrected chi connectivity index (χ3v) is 8.55. The first-order valence-corrected chi connectivity index (χ1v) is 17.5. The molecule has 41 heavy (non-hydrogen) atoms. The van der Waals surface area contributed by atoms with Gasteiger partial charge in [0.2, 0.25) is 0 Å². The zero-order valence-electron chi connectivity index (χ0n) is 25.6. The Hall–Kier alpha value is -0.940. The molecule has 2 aromatic carbocycles. The molecule has 2 aromatic rings. The van der Waals surface area contributed by atoms with Gasteiger partial charge in [-0.1, -0.05) is 89.8 Å². The minimum Gasteiger partial charge on any atom is -0.328 e. The predicted molar refractivity (Wildman–Crippen MR) is 171 cm³/mol. The zero-order chi connectivity index (χ0) is 30.5. The molecular weight excluding hydrogens is 554 g/mol. The van der Waals surface area contributed by atoms with Crippen molar-refractivity contribution < 1.29 is 28.6 Å². The van der Waals surface area contributed by atoms with Crippen molar-refractivity contribution in [3.63, 3.8) is 0 Å². The van der Waals surface area contributed by atoms with Gasteiger partial charge in [0.15, 0.2) is 0 Å². The van der Waals surface area contributed by atoms with Crippen molar-refractivity contribution in [3.05, 3.63) is 83.6 Å². The van der Waals surface area contributed by atoms with E-state index in [-0.39, 0.29) is 6.61 Å². The normalized spacial score (nSPS) is 12.6. The fraction of sp³-hybridized carbons (Fsp3) is 0.576. The summed E-state index contributed by atoms with van der Waals surface area (Å²) in [6.45, 7) is 17.2. The van der Waals surface area contributed by atoms with E-state index in [4.69, 9.17) is 9.05 Å². The van der Waals surface area contributed by atoms with E-state index in [9.17, 15) is 19.6 Å². The Morgan fingerprint density at radius 3 is 1.41 bits per heavy atom. The average molecular weight is 607 g/mol. The second-order valence-corrected chi connectivity index (χ2v) is 12.7. The lowest BCUT2D eigenvalue weighted by atomic mass is 9.64. The summed E-state index contributed by atoms with van der Waals surface area (Å²) >= 11 is 0. The Kier molecular flexibility index (Phi) is 15.9. The molecule has 0 atom stereocenters. The zero-order valence-corrected chi connectivity index (χ0v) is 27.4. The minimum absolute atomic E-state index is 0.273. The van der Waals surface area contributed by atoms with Crippen molar-refractivity contribution in [2.45, 2.75) is 110 Å². The first-order chi connectivity index (χ1) is 19.6. The molecule has 2 rings (SSSR count). The van der Waals surface area contributed by atoms with Gasteiger partial charge in [0.1, 0.15) is 5.60 Å². The van der Waals surface area contributed by atoms with Gasteiger partial charge in [-0.05, 0) is 98.6 Å². The van der Waals surface area contributed by atoms with Gasteiger partial charge < -0.3 is 24.1 Å². The van der Waals surface area contributed by atoms with E-state index in [1.54, 1.807) is 0 Å². The van der Waals surface area contributed by atoms with Crippen molar-refractivity contribution in [2.24, 2.45) is 5.41 Å². The van der Waals surface area contributed by atoms with Gasteiger partial charge in [0.25, 0.3) is 0 Å². The van der Waals surface area contributed by atoms with Crippen LogP contribution >= 0.6 is 17.2 Å². The van der Waals surface area contributed by atoms with Gasteiger partial charge in [-0.3, -0.25) is 4.52 Å². The quantitative estimate of drug-likeness (QED) is 0.113. The second kappa shape index (κ2) is 18.0. The largest absolute Gasteiger partial charge is 0.328 e. The summed E-state index contributed by atoms with van der Waals surface area (Å²) in [6.07, 6.45) is 11.7. The van der Waals surface area contributed by atoms with Crippen molar-refractivity contribution in [2.75, 3.05) is 6.61 Å². The molecule has 2 radical (unpaired) electrons. The molecule has 0 aliphatic rings. The monoisotopic (exact) mass is 606 g/mol. The third-order valence-electron chi connectivity index (χ3n) is 7.76. The molecular formula is C33H52O6P2. The number of unbranched alkanes of at least 4 members (excludes halogenated alkanes) is 4. The highest BCUT2D eigenvalue weighted by molar-refractivity contribution is 7.39. The van der Waals surface area contributed by atoms with Gasteiger partial charge in [-0.2, -0.15) is 0 Å². The van der Waals surface area contributed by atoms with Crippen molar-refractivity contribution in [1.29, 1.82) is 0 Å². The van der Waals surface area contributed by atoms with E-state index in [1.807, 2.05) is 12.1 Å². The van der Waals surface area contributed by atoms with E-state index >= 15 is 0 Å². The topological polar surface area (TPSA) is 99.4 Å². The Labute approximate surface area is 251 Å². The maximum Gasteiger partial charge on any atom is 0.328 e. The summed E-state index contributed by atoms with van der Waals surface area (Å²) in [6, 6.07) is 12.6. The maximum absolute atomic E-state index is 10.5. The molecule has 0 heterocycles. The summed E-state index contributed by atoms with van der Waals surface area (Å²) in [4.78, 5) is 40.4. The maximum atomic E-state index is 10.5. The Balaban J connectivity index is 2.98. The van der Waals surface area contributed by atoms with Gasteiger partial charge in [-0.15, -0.1) is 0 Å². The van der Waals surface area contributed by atoms with E-state index in [0.717, 1.165) is 99.3 Å². The van der Waals surface area contributed by atoms with Crippen molar-refractivity contribution >= 4 is 17.2 Å². The minimum atomic E-state index is -2.87. The van der Waals surface area contributed by atoms with Crippen LogP contribution < -0.4 is 0 Å². The highest BCUT2D eigenvalue weighted by Gasteiger charge is 2.53. The molecule has 0 aromatic heterocycles. The van der Waals surface area contributed by atoms with Crippen LogP contribution in [0.4, 0.5) is 0 Å². The Morgan fingerprint density at radius 1 is 0.634 bits per heavy atom. The Bertz CT molecular complexity index is 977. The van der Waals surface area contributed by atoms with Crippen LogP contribution in [-0.4, -0.2) is 26.2 Å². The average Bonchev–Trinajstić information content (AvgIpc) is 2.94. The summed E-state index contributed by atoms with van der Waals surface area (Å²) < 4.78 is 11.7. The number of rotatable bonds is 20. The van der Waals surface area contributed by atoms with Crippen LogP contribution in [0.15, 0.2) is 36.4 Å². The van der Waals surface area contributed by atoms with Crippen molar-refractivity contribution in [3.8, 4) is 0 Å². The van der Waals surface area contributed by atoms with Crippen LogP contribution in [-0.2, 0) is 40.3 Å².